The number of carbonyl (C=O) groups is 3. The maximum atomic E-state index is 12.2. The lowest BCUT2D eigenvalue weighted by Crippen LogP contribution is -2.38. The zero-order chi connectivity index (χ0) is 21.5. The number of hydrogen-bond donors (Lipinski definition) is 3. The number of aliphatic carboxylic acids is 1. The van der Waals surface area contributed by atoms with Crippen LogP contribution in [0.1, 0.15) is 30.4 Å². The number of alkyl carbamates (subject to hydrolysis) is 1. The molecule has 30 heavy (non-hydrogen) atoms. The number of carbonyl (C=O) groups excluding carboxylic acids is 2. The molecule has 0 radical (unpaired) electrons. The minimum absolute atomic E-state index is 0.0267. The number of hydrogen-bond acceptors (Lipinski definition) is 4. The molecule has 0 bridgehead atoms. The predicted octanol–water partition coefficient (Wildman–Crippen LogP) is 2.51. The zero-order valence-electron chi connectivity index (χ0n) is 16.5. The number of amides is 2. The van der Waals surface area contributed by atoms with Crippen LogP contribution in [0.5, 0.6) is 0 Å². The first kappa shape index (κ1) is 20.9. The maximum absolute atomic E-state index is 12.2. The molecule has 0 unspecified atom stereocenters. The van der Waals surface area contributed by atoms with Gasteiger partial charge >= 0.3 is 12.1 Å². The summed E-state index contributed by atoms with van der Waals surface area (Å²) < 4.78 is 5.45. The SMILES string of the molecule is C[C@H](CC(=O)NCC#CC(=O)O)NC(=O)OCC1c2ccccc2-c2ccccc21. The van der Waals surface area contributed by atoms with E-state index >= 15 is 0 Å². The Morgan fingerprint density at radius 1 is 1.07 bits per heavy atom. The van der Waals surface area contributed by atoms with Crippen LogP contribution in [0.25, 0.3) is 11.1 Å². The van der Waals surface area contributed by atoms with E-state index in [1.165, 1.54) is 0 Å². The molecule has 0 spiro atoms. The van der Waals surface area contributed by atoms with Crippen molar-refractivity contribution in [3.8, 4) is 23.0 Å². The van der Waals surface area contributed by atoms with Crippen LogP contribution in [0, 0.1) is 11.8 Å². The molecule has 7 nitrogen and oxygen atoms in total. The lowest BCUT2D eigenvalue weighted by Gasteiger charge is -2.17. The van der Waals surface area contributed by atoms with E-state index in [-0.39, 0.29) is 31.4 Å². The highest BCUT2D eigenvalue weighted by Crippen LogP contribution is 2.44. The van der Waals surface area contributed by atoms with Gasteiger partial charge in [-0.2, -0.15) is 0 Å². The normalized spacial score (nSPS) is 12.6. The van der Waals surface area contributed by atoms with E-state index in [0.717, 1.165) is 22.3 Å². The fourth-order valence-corrected chi connectivity index (χ4v) is 3.51. The van der Waals surface area contributed by atoms with Gasteiger partial charge < -0.3 is 20.5 Å². The molecule has 1 atom stereocenters. The molecule has 0 aliphatic heterocycles. The average Bonchev–Trinajstić information content (AvgIpc) is 3.03. The van der Waals surface area contributed by atoms with Crippen molar-refractivity contribution in [2.75, 3.05) is 13.2 Å². The second-order valence-electron chi connectivity index (χ2n) is 6.96. The van der Waals surface area contributed by atoms with Gasteiger partial charge in [0, 0.05) is 24.3 Å². The molecule has 0 heterocycles. The molecule has 0 saturated heterocycles. The van der Waals surface area contributed by atoms with Crippen LogP contribution < -0.4 is 10.6 Å². The van der Waals surface area contributed by atoms with Gasteiger partial charge in [-0.15, -0.1) is 0 Å². The molecule has 2 aromatic carbocycles. The number of rotatable bonds is 6. The third-order valence-corrected chi connectivity index (χ3v) is 4.77. The molecule has 2 amide bonds. The summed E-state index contributed by atoms with van der Waals surface area (Å²) in [7, 11) is 0. The largest absolute Gasteiger partial charge is 0.472 e. The van der Waals surface area contributed by atoms with Crippen LogP contribution >= 0.6 is 0 Å². The van der Waals surface area contributed by atoms with E-state index in [0.29, 0.717) is 0 Å². The predicted molar refractivity (Wildman–Crippen MR) is 111 cm³/mol. The highest BCUT2D eigenvalue weighted by Gasteiger charge is 2.29. The number of nitrogens with one attached hydrogen (secondary N) is 2. The molecule has 3 N–H and O–H groups in total. The third-order valence-electron chi connectivity index (χ3n) is 4.77. The van der Waals surface area contributed by atoms with E-state index in [2.05, 4.69) is 28.7 Å². The first-order valence-electron chi connectivity index (χ1n) is 9.55. The zero-order valence-corrected chi connectivity index (χ0v) is 16.5. The van der Waals surface area contributed by atoms with Crippen molar-refractivity contribution in [1.29, 1.82) is 0 Å². The Morgan fingerprint density at radius 2 is 1.67 bits per heavy atom. The Morgan fingerprint density at radius 3 is 2.27 bits per heavy atom. The quantitative estimate of drug-likeness (QED) is 0.640. The van der Waals surface area contributed by atoms with Crippen LogP contribution in [0.3, 0.4) is 0 Å². The van der Waals surface area contributed by atoms with Crippen LogP contribution in [0.4, 0.5) is 4.79 Å². The molecule has 0 fully saturated rings. The van der Waals surface area contributed by atoms with E-state index in [1.54, 1.807) is 6.92 Å². The van der Waals surface area contributed by atoms with E-state index in [9.17, 15) is 14.4 Å². The van der Waals surface area contributed by atoms with E-state index in [1.807, 2.05) is 42.3 Å². The van der Waals surface area contributed by atoms with Gasteiger partial charge in [-0.1, -0.05) is 54.5 Å². The van der Waals surface area contributed by atoms with Crippen molar-refractivity contribution in [2.45, 2.75) is 25.3 Å². The second-order valence-corrected chi connectivity index (χ2v) is 6.96. The van der Waals surface area contributed by atoms with Gasteiger partial charge in [0.15, 0.2) is 0 Å². The lowest BCUT2D eigenvalue weighted by atomic mass is 9.98. The Kier molecular flexibility index (Phi) is 6.71. The monoisotopic (exact) mass is 406 g/mol. The number of ether oxygens (including phenoxy) is 1. The van der Waals surface area contributed by atoms with Gasteiger partial charge in [-0.3, -0.25) is 4.79 Å². The van der Waals surface area contributed by atoms with E-state index < -0.39 is 18.1 Å². The van der Waals surface area contributed by atoms with Crippen molar-refractivity contribution in [3.63, 3.8) is 0 Å². The average molecular weight is 406 g/mol. The minimum atomic E-state index is -1.26. The smallest absolute Gasteiger partial charge is 0.407 e. The molecule has 1 aliphatic rings. The number of carboxylic acids is 1. The van der Waals surface area contributed by atoms with Crippen LogP contribution in [-0.2, 0) is 14.3 Å². The van der Waals surface area contributed by atoms with Gasteiger partial charge in [-0.05, 0) is 29.2 Å². The minimum Gasteiger partial charge on any atom is -0.472 e. The fraction of sp³-hybridized carbons (Fsp3) is 0.261. The highest BCUT2D eigenvalue weighted by atomic mass is 16.5. The Bertz CT molecular complexity index is 976. The molecule has 154 valence electrons. The summed E-state index contributed by atoms with van der Waals surface area (Å²) in [6, 6.07) is 15.7. The number of fused-ring (bicyclic) bond motifs is 3. The van der Waals surface area contributed by atoms with Gasteiger partial charge in [0.2, 0.25) is 5.91 Å². The molecule has 3 rings (SSSR count). The Labute approximate surface area is 174 Å². The van der Waals surface area contributed by atoms with Crippen molar-refractivity contribution in [2.24, 2.45) is 0 Å². The summed E-state index contributed by atoms with van der Waals surface area (Å²) in [5.74, 6) is 2.58. The molecular weight excluding hydrogens is 384 g/mol. The molecule has 2 aromatic rings. The summed E-state index contributed by atoms with van der Waals surface area (Å²) in [5, 5.41) is 13.5. The van der Waals surface area contributed by atoms with Crippen LogP contribution in [0.15, 0.2) is 48.5 Å². The topological polar surface area (TPSA) is 105 Å². The summed E-state index contributed by atoms with van der Waals surface area (Å²) in [6.45, 7) is 1.82. The van der Waals surface area contributed by atoms with Crippen molar-refractivity contribution >= 4 is 18.0 Å². The molecular formula is C23H22N2O5. The molecule has 0 saturated carbocycles. The van der Waals surface area contributed by atoms with Crippen molar-refractivity contribution in [1.82, 2.24) is 10.6 Å². The summed E-state index contributed by atoms with van der Waals surface area (Å²) >= 11 is 0. The Balaban J connectivity index is 1.50. The number of benzene rings is 2. The standard InChI is InChI=1S/C23H22N2O5/c1-15(13-21(26)24-12-6-11-22(27)28)25-23(29)30-14-20-18-9-4-2-7-16(18)17-8-3-5-10-19(17)20/h2-5,7-10,15,20H,12-14H2,1H3,(H,24,26)(H,25,29)(H,27,28)/t15-/m1/s1. The van der Waals surface area contributed by atoms with Crippen LogP contribution in [-0.4, -0.2) is 42.3 Å². The van der Waals surface area contributed by atoms with Gasteiger partial charge in [-0.25, -0.2) is 9.59 Å². The third kappa shape index (κ3) is 5.17. The molecule has 1 aliphatic carbocycles. The second kappa shape index (κ2) is 9.61. The van der Waals surface area contributed by atoms with Crippen LogP contribution in [0.2, 0.25) is 0 Å². The van der Waals surface area contributed by atoms with Gasteiger partial charge in [0.05, 0.1) is 6.54 Å². The maximum Gasteiger partial charge on any atom is 0.407 e. The lowest BCUT2D eigenvalue weighted by molar-refractivity contribution is -0.130. The van der Waals surface area contributed by atoms with Gasteiger partial charge in [0.25, 0.3) is 0 Å². The fourth-order valence-electron chi connectivity index (χ4n) is 3.51. The Hall–Kier alpha value is -3.79. The summed E-state index contributed by atoms with van der Waals surface area (Å²) in [6.07, 6.45) is -0.568. The summed E-state index contributed by atoms with van der Waals surface area (Å²) in [4.78, 5) is 34.3. The molecule has 0 aromatic heterocycles. The van der Waals surface area contributed by atoms with E-state index in [4.69, 9.17) is 9.84 Å². The van der Waals surface area contributed by atoms with Crippen molar-refractivity contribution in [3.05, 3.63) is 59.7 Å². The number of carboxylic acid groups (broad SMARTS) is 1. The highest BCUT2D eigenvalue weighted by molar-refractivity contribution is 5.86. The summed E-state index contributed by atoms with van der Waals surface area (Å²) in [5.41, 5.74) is 4.55. The first-order valence-corrected chi connectivity index (χ1v) is 9.55. The molecule has 7 heteroatoms. The van der Waals surface area contributed by atoms with Crippen molar-refractivity contribution < 1.29 is 24.2 Å². The van der Waals surface area contributed by atoms with Gasteiger partial charge in [0.1, 0.15) is 6.61 Å². The first-order chi connectivity index (χ1) is 14.5.